The molecule has 4 rings (SSSR count). The summed E-state index contributed by atoms with van der Waals surface area (Å²) in [6.07, 6.45) is 11.5. The first-order valence-electron chi connectivity index (χ1n) is 12.5. The smallest absolute Gasteiger partial charge is 0.233 e. The van der Waals surface area contributed by atoms with E-state index in [1.807, 2.05) is 35.5 Å². The third-order valence-corrected chi connectivity index (χ3v) is 7.69. The normalized spacial score (nSPS) is 25.6. The minimum absolute atomic E-state index is 0.0591. The Hall–Kier alpha value is -2.80. The molecule has 7 heteroatoms. The molecule has 0 spiro atoms. The van der Waals surface area contributed by atoms with E-state index in [0.29, 0.717) is 19.5 Å². The largest absolute Gasteiger partial charge is 0.358 e. The molecule has 4 heterocycles. The number of amides is 2. The average molecular weight is 464 g/mol. The van der Waals surface area contributed by atoms with Crippen LogP contribution in [0.1, 0.15) is 49.8 Å². The Kier molecular flexibility index (Phi) is 7.61. The Labute approximate surface area is 203 Å². The van der Waals surface area contributed by atoms with Crippen LogP contribution < -0.4 is 5.32 Å². The summed E-state index contributed by atoms with van der Waals surface area (Å²) in [5.74, 6) is 0.147. The van der Waals surface area contributed by atoms with Crippen molar-refractivity contribution in [2.45, 2.75) is 50.4 Å². The molecule has 7 nitrogen and oxygen atoms in total. The lowest BCUT2D eigenvalue weighted by Gasteiger charge is -2.47. The lowest BCUT2D eigenvalue weighted by atomic mass is 9.71. The molecule has 0 aromatic carbocycles. The van der Waals surface area contributed by atoms with Crippen molar-refractivity contribution in [1.82, 2.24) is 25.1 Å². The Bertz CT molecular complexity index is 970. The summed E-state index contributed by atoms with van der Waals surface area (Å²) in [6.45, 7) is 2.88. The minimum atomic E-state index is -0.803. The Balaban J connectivity index is 1.57. The molecule has 2 amide bonds. The van der Waals surface area contributed by atoms with Crippen molar-refractivity contribution in [2.24, 2.45) is 5.41 Å². The lowest BCUT2D eigenvalue weighted by molar-refractivity contribution is -0.150. The summed E-state index contributed by atoms with van der Waals surface area (Å²) >= 11 is 0. The first kappa shape index (κ1) is 24.3. The van der Waals surface area contributed by atoms with Crippen molar-refractivity contribution in [3.63, 3.8) is 0 Å². The number of carbonyl (C=O) groups is 2. The van der Waals surface area contributed by atoms with Gasteiger partial charge in [0, 0.05) is 45.3 Å². The highest BCUT2D eigenvalue weighted by Crippen LogP contribution is 2.40. The average Bonchev–Trinajstić information content (AvgIpc) is 2.89. The van der Waals surface area contributed by atoms with E-state index in [9.17, 15) is 9.59 Å². The summed E-state index contributed by atoms with van der Waals surface area (Å²) < 4.78 is 0. The third-order valence-electron chi connectivity index (χ3n) is 7.69. The van der Waals surface area contributed by atoms with Crippen LogP contribution in [0, 0.1) is 5.41 Å². The standard InChI is InChI=1S/C27H37N5O2/c1-28-24(33)27(23-9-3-4-15-30-23)14-7-19-32(21-27)25(34)26(13-6-18-31(2)20-26)12-5-8-22-10-16-29-17-11-22/h3-4,9-11,15-17H,5-8,12-14,18-21H2,1-2H3,(H,28,33)/t26-,27-/m0/s1. The monoisotopic (exact) mass is 463 g/mol. The molecule has 2 fully saturated rings. The molecule has 0 saturated carbocycles. The van der Waals surface area contributed by atoms with Gasteiger partial charge in [0.2, 0.25) is 11.8 Å². The fourth-order valence-corrected chi connectivity index (χ4v) is 5.99. The van der Waals surface area contributed by atoms with Gasteiger partial charge < -0.3 is 15.1 Å². The van der Waals surface area contributed by atoms with Gasteiger partial charge in [-0.1, -0.05) is 6.07 Å². The van der Waals surface area contributed by atoms with E-state index in [1.54, 1.807) is 13.2 Å². The van der Waals surface area contributed by atoms with Crippen molar-refractivity contribution in [2.75, 3.05) is 40.3 Å². The van der Waals surface area contributed by atoms with Crippen LogP contribution in [0.5, 0.6) is 0 Å². The predicted molar refractivity (Wildman–Crippen MR) is 132 cm³/mol. The zero-order chi connectivity index (χ0) is 24.0. The molecule has 182 valence electrons. The second-order valence-electron chi connectivity index (χ2n) is 10.0. The molecule has 2 atom stereocenters. The van der Waals surface area contributed by atoms with Crippen molar-refractivity contribution >= 4 is 11.8 Å². The number of hydrogen-bond donors (Lipinski definition) is 1. The van der Waals surface area contributed by atoms with E-state index in [2.05, 4.69) is 39.4 Å². The van der Waals surface area contributed by atoms with Gasteiger partial charge in [-0.05, 0) is 88.4 Å². The van der Waals surface area contributed by atoms with E-state index < -0.39 is 10.8 Å². The van der Waals surface area contributed by atoms with Crippen LogP contribution in [0.25, 0.3) is 0 Å². The van der Waals surface area contributed by atoms with Crippen LogP contribution in [-0.2, 0) is 21.4 Å². The van der Waals surface area contributed by atoms with E-state index in [1.165, 1.54) is 5.56 Å². The van der Waals surface area contributed by atoms with Gasteiger partial charge >= 0.3 is 0 Å². The number of likely N-dealkylation sites (N-methyl/N-ethyl adjacent to an activating group) is 1. The fraction of sp³-hybridized carbons (Fsp3) is 0.556. The molecular formula is C27H37N5O2. The Morgan fingerprint density at radius 3 is 2.53 bits per heavy atom. The summed E-state index contributed by atoms with van der Waals surface area (Å²) in [6, 6.07) is 9.81. The molecule has 0 bridgehead atoms. The van der Waals surface area contributed by atoms with Gasteiger partial charge in [0.25, 0.3) is 0 Å². The molecule has 2 aliphatic rings. The Morgan fingerprint density at radius 1 is 1.03 bits per heavy atom. The van der Waals surface area contributed by atoms with Crippen LogP contribution in [-0.4, -0.2) is 71.9 Å². The number of piperidine rings is 2. The third kappa shape index (κ3) is 4.99. The van der Waals surface area contributed by atoms with Gasteiger partial charge in [0.05, 0.1) is 11.1 Å². The van der Waals surface area contributed by atoms with E-state index >= 15 is 0 Å². The van der Waals surface area contributed by atoms with Crippen LogP contribution in [0.2, 0.25) is 0 Å². The van der Waals surface area contributed by atoms with Crippen LogP contribution in [0.4, 0.5) is 0 Å². The number of pyridine rings is 2. The zero-order valence-corrected chi connectivity index (χ0v) is 20.5. The zero-order valence-electron chi connectivity index (χ0n) is 20.5. The predicted octanol–water partition coefficient (Wildman–Crippen LogP) is 2.82. The molecule has 0 unspecified atom stereocenters. The molecule has 1 N–H and O–H groups in total. The second-order valence-corrected chi connectivity index (χ2v) is 10.0. The summed E-state index contributed by atoms with van der Waals surface area (Å²) in [4.78, 5) is 40.3. The number of likely N-dealkylation sites (tertiary alicyclic amines) is 2. The van der Waals surface area contributed by atoms with Gasteiger partial charge in [-0.2, -0.15) is 0 Å². The van der Waals surface area contributed by atoms with Crippen molar-refractivity contribution in [1.29, 1.82) is 0 Å². The topological polar surface area (TPSA) is 78.4 Å². The van der Waals surface area contributed by atoms with Crippen molar-refractivity contribution < 1.29 is 9.59 Å². The van der Waals surface area contributed by atoms with Gasteiger partial charge in [-0.3, -0.25) is 19.6 Å². The number of rotatable bonds is 7. The molecule has 2 aromatic heterocycles. The maximum absolute atomic E-state index is 14.2. The van der Waals surface area contributed by atoms with Crippen molar-refractivity contribution in [3.8, 4) is 0 Å². The number of carbonyl (C=O) groups excluding carboxylic acids is 2. The number of nitrogens with one attached hydrogen (secondary N) is 1. The minimum Gasteiger partial charge on any atom is -0.358 e. The van der Waals surface area contributed by atoms with Gasteiger partial charge in [-0.25, -0.2) is 0 Å². The molecule has 0 aliphatic carbocycles. The lowest BCUT2D eigenvalue weighted by Crippen LogP contribution is -2.60. The number of nitrogens with zero attached hydrogens (tertiary/aromatic N) is 4. The Morgan fingerprint density at radius 2 is 1.82 bits per heavy atom. The molecular weight excluding hydrogens is 426 g/mol. The first-order valence-corrected chi connectivity index (χ1v) is 12.5. The fourth-order valence-electron chi connectivity index (χ4n) is 5.99. The van der Waals surface area contributed by atoms with Gasteiger partial charge in [-0.15, -0.1) is 0 Å². The molecule has 2 aromatic rings. The van der Waals surface area contributed by atoms with Gasteiger partial charge in [0.15, 0.2) is 0 Å². The first-order chi connectivity index (χ1) is 16.5. The molecule has 34 heavy (non-hydrogen) atoms. The van der Waals surface area contributed by atoms with Gasteiger partial charge in [0.1, 0.15) is 5.41 Å². The van der Waals surface area contributed by atoms with Crippen LogP contribution in [0.3, 0.4) is 0 Å². The number of aryl methyl sites for hydroxylation is 1. The molecule has 2 saturated heterocycles. The number of hydrogen-bond acceptors (Lipinski definition) is 5. The summed E-state index contributed by atoms with van der Waals surface area (Å²) in [5.41, 5.74) is 0.798. The van der Waals surface area contributed by atoms with E-state index in [4.69, 9.17) is 0 Å². The second kappa shape index (κ2) is 10.6. The maximum Gasteiger partial charge on any atom is 0.233 e. The summed E-state index contributed by atoms with van der Waals surface area (Å²) in [7, 11) is 3.79. The SMILES string of the molecule is CNC(=O)[C@@]1(c2ccccn2)CCCN(C(=O)[C@@]2(CCCc3ccncc3)CCCN(C)C2)C1. The molecule has 0 radical (unpaired) electrons. The highest BCUT2D eigenvalue weighted by atomic mass is 16.2. The summed E-state index contributed by atoms with van der Waals surface area (Å²) in [5, 5.41) is 2.85. The highest BCUT2D eigenvalue weighted by Gasteiger charge is 2.50. The van der Waals surface area contributed by atoms with Crippen LogP contribution in [0.15, 0.2) is 48.9 Å². The molecule has 2 aliphatic heterocycles. The van der Waals surface area contributed by atoms with E-state index in [-0.39, 0.29) is 11.8 Å². The number of aromatic nitrogens is 2. The van der Waals surface area contributed by atoms with E-state index in [0.717, 1.165) is 57.3 Å². The quantitative estimate of drug-likeness (QED) is 0.683. The van der Waals surface area contributed by atoms with Crippen LogP contribution >= 0.6 is 0 Å². The van der Waals surface area contributed by atoms with Crippen molar-refractivity contribution in [3.05, 3.63) is 60.2 Å². The maximum atomic E-state index is 14.2. The highest BCUT2D eigenvalue weighted by molar-refractivity contribution is 5.90.